The Balaban J connectivity index is 1.58. The summed E-state index contributed by atoms with van der Waals surface area (Å²) >= 11 is 1.28. The van der Waals surface area contributed by atoms with E-state index in [1.807, 2.05) is 32.0 Å². The van der Waals surface area contributed by atoms with Crippen LogP contribution in [0.3, 0.4) is 0 Å². The molecule has 0 aliphatic heterocycles. The van der Waals surface area contributed by atoms with E-state index < -0.39 is 5.91 Å². The van der Waals surface area contributed by atoms with Gasteiger partial charge in [0, 0.05) is 16.6 Å². The van der Waals surface area contributed by atoms with Crippen molar-refractivity contribution in [3.8, 4) is 10.6 Å². The summed E-state index contributed by atoms with van der Waals surface area (Å²) in [6.45, 7) is 3.74. The number of aryl methyl sites for hydroxylation is 1. The average molecular weight is 383 g/mol. The Morgan fingerprint density at radius 2 is 1.85 bits per heavy atom. The SMILES string of the molecule is Cc1cccc(NC(=O)CNC(=O)c2csc(-c3ccc(F)cc3)n2)c1C. The van der Waals surface area contributed by atoms with Gasteiger partial charge in [-0.2, -0.15) is 0 Å². The number of hydrogen-bond acceptors (Lipinski definition) is 4. The Kier molecular flexibility index (Phi) is 5.61. The first-order chi connectivity index (χ1) is 12.9. The molecule has 3 aromatic rings. The molecule has 0 radical (unpaired) electrons. The number of carbonyl (C=O) groups excluding carboxylic acids is 2. The van der Waals surface area contributed by atoms with Crippen LogP contribution in [0.25, 0.3) is 10.6 Å². The van der Waals surface area contributed by atoms with Crippen molar-refractivity contribution < 1.29 is 14.0 Å². The summed E-state index contributed by atoms with van der Waals surface area (Å²) in [5, 5.41) is 7.57. The van der Waals surface area contributed by atoms with Crippen LogP contribution < -0.4 is 10.6 Å². The monoisotopic (exact) mass is 383 g/mol. The standard InChI is InChI=1S/C20H18FN3O2S/c1-12-4-3-5-16(13(12)2)23-18(25)10-22-19(26)17-11-27-20(24-17)14-6-8-15(21)9-7-14/h3-9,11H,10H2,1-2H3,(H,22,26)(H,23,25). The molecule has 27 heavy (non-hydrogen) atoms. The molecule has 0 saturated heterocycles. The van der Waals surface area contributed by atoms with Gasteiger partial charge >= 0.3 is 0 Å². The first kappa shape index (κ1) is 18.7. The van der Waals surface area contributed by atoms with Gasteiger partial charge in [0.1, 0.15) is 16.5 Å². The Morgan fingerprint density at radius 3 is 2.59 bits per heavy atom. The third-order valence-electron chi connectivity index (χ3n) is 4.12. The molecule has 1 heterocycles. The van der Waals surface area contributed by atoms with Crippen LogP contribution >= 0.6 is 11.3 Å². The lowest BCUT2D eigenvalue weighted by Crippen LogP contribution is -2.33. The van der Waals surface area contributed by atoms with Gasteiger partial charge in [0.2, 0.25) is 5.91 Å². The molecule has 0 bridgehead atoms. The summed E-state index contributed by atoms with van der Waals surface area (Å²) in [4.78, 5) is 28.6. The molecule has 0 fully saturated rings. The number of anilines is 1. The molecule has 0 unspecified atom stereocenters. The maximum atomic E-state index is 13.0. The highest BCUT2D eigenvalue weighted by Crippen LogP contribution is 2.23. The summed E-state index contributed by atoms with van der Waals surface area (Å²) in [5.41, 5.74) is 3.74. The topological polar surface area (TPSA) is 71.1 Å². The maximum absolute atomic E-state index is 13.0. The minimum atomic E-state index is -0.435. The quantitative estimate of drug-likeness (QED) is 0.701. The molecule has 2 amide bonds. The Labute approximate surface area is 160 Å². The number of amides is 2. The zero-order valence-electron chi connectivity index (χ0n) is 14.9. The van der Waals surface area contributed by atoms with Gasteiger partial charge < -0.3 is 10.6 Å². The highest BCUT2D eigenvalue weighted by atomic mass is 32.1. The number of nitrogens with zero attached hydrogens (tertiary/aromatic N) is 1. The smallest absolute Gasteiger partial charge is 0.271 e. The number of thiazole rings is 1. The normalized spacial score (nSPS) is 10.5. The third-order valence-corrected chi connectivity index (χ3v) is 5.01. The van der Waals surface area contributed by atoms with E-state index in [1.54, 1.807) is 17.5 Å². The summed E-state index contributed by atoms with van der Waals surface area (Å²) in [5.74, 6) is -1.08. The second kappa shape index (κ2) is 8.09. The van der Waals surface area contributed by atoms with Crippen LogP contribution in [0.15, 0.2) is 47.8 Å². The lowest BCUT2D eigenvalue weighted by atomic mass is 10.1. The van der Waals surface area contributed by atoms with Gasteiger partial charge in [-0.1, -0.05) is 12.1 Å². The second-order valence-corrected chi connectivity index (χ2v) is 6.88. The van der Waals surface area contributed by atoms with Crippen molar-refractivity contribution in [2.24, 2.45) is 0 Å². The van der Waals surface area contributed by atoms with Crippen molar-refractivity contribution in [3.05, 3.63) is 70.5 Å². The highest BCUT2D eigenvalue weighted by molar-refractivity contribution is 7.13. The molecule has 2 N–H and O–H groups in total. The van der Waals surface area contributed by atoms with E-state index in [2.05, 4.69) is 15.6 Å². The van der Waals surface area contributed by atoms with E-state index >= 15 is 0 Å². The number of carbonyl (C=O) groups is 2. The molecular weight excluding hydrogens is 365 g/mol. The second-order valence-electron chi connectivity index (χ2n) is 6.02. The van der Waals surface area contributed by atoms with Gasteiger partial charge in [-0.15, -0.1) is 11.3 Å². The fourth-order valence-electron chi connectivity index (χ4n) is 2.44. The number of aromatic nitrogens is 1. The van der Waals surface area contributed by atoms with Crippen LogP contribution in [0.4, 0.5) is 10.1 Å². The molecule has 0 aliphatic carbocycles. The predicted molar refractivity (Wildman–Crippen MR) is 104 cm³/mol. The zero-order valence-corrected chi connectivity index (χ0v) is 15.7. The Hall–Kier alpha value is -3.06. The van der Waals surface area contributed by atoms with E-state index in [0.29, 0.717) is 5.01 Å². The van der Waals surface area contributed by atoms with Gasteiger partial charge in [-0.05, 0) is 55.3 Å². The van der Waals surface area contributed by atoms with Gasteiger partial charge in [0.15, 0.2) is 0 Å². The van der Waals surface area contributed by atoms with Gasteiger partial charge in [0.25, 0.3) is 5.91 Å². The highest BCUT2D eigenvalue weighted by Gasteiger charge is 2.13. The molecular formula is C20H18FN3O2S. The third kappa shape index (κ3) is 4.57. The van der Waals surface area contributed by atoms with Gasteiger partial charge in [0.05, 0.1) is 6.54 Å². The number of hydrogen-bond donors (Lipinski definition) is 2. The van der Waals surface area contributed by atoms with Crippen LogP contribution in [0.2, 0.25) is 0 Å². The molecule has 5 nitrogen and oxygen atoms in total. The van der Waals surface area contributed by atoms with Crippen LogP contribution in [-0.2, 0) is 4.79 Å². The van der Waals surface area contributed by atoms with Crippen LogP contribution in [-0.4, -0.2) is 23.3 Å². The van der Waals surface area contributed by atoms with Crippen molar-refractivity contribution in [1.29, 1.82) is 0 Å². The van der Waals surface area contributed by atoms with Crippen LogP contribution in [0.1, 0.15) is 21.6 Å². The van der Waals surface area contributed by atoms with Crippen molar-refractivity contribution in [2.45, 2.75) is 13.8 Å². The number of nitrogens with one attached hydrogen (secondary N) is 2. The maximum Gasteiger partial charge on any atom is 0.271 e. The van der Waals surface area contributed by atoms with Crippen molar-refractivity contribution in [3.63, 3.8) is 0 Å². The summed E-state index contributed by atoms with van der Waals surface area (Å²) in [6, 6.07) is 11.5. The number of benzene rings is 2. The van der Waals surface area contributed by atoms with E-state index in [1.165, 1.54) is 23.5 Å². The first-order valence-corrected chi connectivity index (χ1v) is 9.18. The molecule has 0 atom stereocenters. The first-order valence-electron chi connectivity index (χ1n) is 8.30. The molecule has 0 saturated carbocycles. The fraction of sp³-hybridized carbons (Fsp3) is 0.150. The van der Waals surface area contributed by atoms with Crippen LogP contribution in [0, 0.1) is 19.7 Å². The Morgan fingerprint density at radius 1 is 1.11 bits per heavy atom. The molecule has 2 aromatic carbocycles. The lowest BCUT2D eigenvalue weighted by molar-refractivity contribution is -0.115. The minimum absolute atomic E-state index is 0.157. The molecule has 0 spiro atoms. The Bertz CT molecular complexity index is 983. The van der Waals surface area contributed by atoms with Crippen molar-refractivity contribution in [1.82, 2.24) is 10.3 Å². The van der Waals surface area contributed by atoms with Crippen molar-refractivity contribution in [2.75, 3.05) is 11.9 Å². The molecule has 7 heteroatoms. The van der Waals surface area contributed by atoms with E-state index in [9.17, 15) is 14.0 Å². The predicted octanol–water partition coefficient (Wildman–Crippen LogP) is 3.93. The lowest BCUT2D eigenvalue weighted by Gasteiger charge is -2.10. The largest absolute Gasteiger partial charge is 0.342 e. The van der Waals surface area contributed by atoms with E-state index in [-0.39, 0.29) is 24.0 Å². The molecule has 3 rings (SSSR count). The number of halogens is 1. The fourth-order valence-corrected chi connectivity index (χ4v) is 3.24. The summed E-state index contributed by atoms with van der Waals surface area (Å²) < 4.78 is 13.0. The van der Waals surface area contributed by atoms with E-state index in [0.717, 1.165) is 22.4 Å². The van der Waals surface area contributed by atoms with Gasteiger partial charge in [-0.3, -0.25) is 9.59 Å². The number of rotatable bonds is 5. The molecule has 0 aliphatic rings. The van der Waals surface area contributed by atoms with Crippen LogP contribution in [0.5, 0.6) is 0 Å². The minimum Gasteiger partial charge on any atom is -0.342 e. The van der Waals surface area contributed by atoms with Crippen molar-refractivity contribution >= 4 is 28.8 Å². The molecule has 1 aromatic heterocycles. The zero-order chi connectivity index (χ0) is 19.4. The van der Waals surface area contributed by atoms with E-state index in [4.69, 9.17) is 0 Å². The average Bonchev–Trinajstić information content (AvgIpc) is 3.14. The summed E-state index contributed by atoms with van der Waals surface area (Å²) in [6.07, 6.45) is 0. The van der Waals surface area contributed by atoms with Gasteiger partial charge in [-0.25, -0.2) is 9.37 Å². The molecule has 138 valence electrons. The summed E-state index contributed by atoms with van der Waals surface area (Å²) in [7, 11) is 0.